The van der Waals surface area contributed by atoms with Crippen molar-refractivity contribution in [3.63, 3.8) is 0 Å². The number of aliphatic hydroxyl groups excluding tert-OH is 1. The molecule has 0 fully saturated rings. The molecule has 22 heavy (non-hydrogen) atoms. The van der Waals surface area contributed by atoms with E-state index >= 15 is 0 Å². The van der Waals surface area contributed by atoms with Crippen LogP contribution in [-0.4, -0.2) is 22.3 Å². The van der Waals surface area contributed by atoms with Gasteiger partial charge in [0.25, 0.3) is 0 Å². The molecule has 0 rings (SSSR count). The number of aliphatic hydroxyl groups is 1. The molecule has 0 aromatic carbocycles. The Kier molecular flexibility index (Phi) is 15.9. The van der Waals surface area contributed by atoms with E-state index < -0.39 is 5.97 Å². The van der Waals surface area contributed by atoms with E-state index in [4.69, 9.17) is 5.11 Å². The van der Waals surface area contributed by atoms with Crippen molar-refractivity contribution in [2.24, 2.45) is 0 Å². The number of carboxylic acid groups (broad SMARTS) is 1. The van der Waals surface area contributed by atoms with Crippen LogP contribution in [0.3, 0.4) is 0 Å². The number of hydrogen-bond donors (Lipinski definition) is 2. The number of carbonyl (C=O) groups is 1. The highest BCUT2D eigenvalue weighted by Crippen LogP contribution is 2.10. The number of unbranched alkanes of at least 4 members (excludes halogenated alkanes) is 10. The highest BCUT2D eigenvalue weighted by Gasteiger charge is 1.99. The van der Waals surface area contributed by atoms with E-state index in [0.29, 0.717) is 6.42 Å². The molecule has 1 unspecified atom stereocenters. The van der Waals surface area contributed by atoms with Gasteiger partial charge in [-0.25, -0.2) is 0 Å². The maximum absolute atomic E-state index is 10.3. The fraction of sp³-hybridized carbons (Fsp3) is 0.842. The van der Waals surface area contributed by atoms with Gasteiger partial charge < -0.3 is 10.2 Å². The van der Waals surface area contributed by atoms with Crippen LogP contribution < -0.4 is 0 Å². The molecule has 0 saturated heterocycles. The lowest BCUT2D eigenvalue weighted by molar-refractivity contribution is -0.137. The van der Waals surface area contributed by atoms with Crippen molar-refractivity contribution >= 4 is 5.97 Å². The highest BCUT2D eigenvalue weighted by molar-refractivity contribution is 5.66. The van der Waals surface area contributed by atoms with Crippen LogP contribution in [0.2, 0.25) is 0 Å². The quantitative estimate of drug-likeness (QED) is 0.293. The molecule has 0 aliphatic rings. The molecule has 0 spiro atoms. The maximum Gasteiger partial charge on any atom is 0.303 e. The molecule has 3 nitrogen and oxygen atoms in total. The molecule has 0 aromatic rings. The zero-order chi connectivity index (χ0) is 16.5. The van der Waals surface area contributed by atoms with E-state index in [1.807, 2.05) is 6.08 Å². The molecule has 0 amide bonds. The first-order chi connectivity index (χ1) is 10.7. The molecule has 0 heterocycles. The lowest BCUT2D eigenvalue weighted by atomic mass is 10.1. The van der Waals surface area contributed by atoms with Crippen LogP contribution in [0.1, 0.15) is 96.8 Å². The SMILES string of the molecule is CCCCCCCC(O)/C=C/CCCCCCCCC(=O)O. The Hall–Kier alpha value is -0.830. The summed E-state index contributed by atoms with van der Waals surface area (Å²) in [7, 11) is 0. The minimum absolute atomic E-state index is 0.266. The zero-order valence-corrected chi connectivity index (χ0v) is 14.4. The fourth-order valence-electron chi connectivity index (χ4n) is 2.55. The van der Waals surface area contributed by atoms with Crippen molar-refractivity contribution in [3.8, 4) is 0 Å². The first-order valence-electron chi connectivity index (χ1n) is 9.23. The average Bonchev–Trinajstić information content (AvgIpc) is 2.48. The normalized spacial score (nSPS) is 12.8. The standard InChI is InChI=1S/C19H36O3/c1-2-3-4-9-12-15-18(20)16-13-10-7-5-6-8-11-14-17-19(21)22/h13,16,18,20H,2-12,14-15,17H2,1H3,(H,21,22)/b16-13+. The van der Waals surface area contributed by atoms with E-state index in [0.717, 1.165) is 38.5 Å². The summed E-state index contributed by atoms with van der Waals surface area (Å²) in [6.07, 6.45) is 18.8. The number of rotatable bonds is 16. The molecule has 0 bridgehead atoms. The van der Waals surface area contributed by atoms with Crippen LogP contribution in [-0.2, 0) is 4.79 Å². The van der Waals surface area contributed by atoms with Crippen molar-refractivity contribution in [2.45, 2.75) is 103 Å². The Balaban J connectivity index is 3.26. The van der Waals surface area contributed by atoms with Gasteiger partial charge in [-0.1, -0.05) is 76.9 Å². The van der Waals surface area contributed by atoms with Gasteiger partial charge in [0.15, 0.2) is 0 Å². The van der Waals surface area contributed by atoms with E-state index in [1.54, 1.807) is 0 Å². The van der Waals surface area contributed by atoms with Gasteiger partial charge in [0.05, 0.1) is 6.10 Å². The zero-order valence-electron chi connectivity index (χ0n) is 14.4. The van der Waals surface area contributed by atoms with Gasteiger partial charge in [0, 0.05) is 6.42 Å². The minimum atomic E-state index is -0.686. The third-order valence-electron chi connectivity index (χ3n) is 3.97. The van der Waals surface area contributed by atoms with Gasteiger partial charge in [0.1, 0.15) is 0 Å². The van der Waals surface area contributed by atoms with Crippen LogP contribution in [0.4, 0.5) is 0 Å². The average molecular weight is 312 g/mol. The maximum atomic E-state index is 10.3. The Morgan fingerprint density at radius 2 is 1.50 bits per heavy atom. The van der Waals surface area contributed by atoms with Gasteiger partial charge in [-0.3, -0.25) is 4.79 Å². The van der Waals surface area contributed by atoms with Gasteiger partial charge in [-0.15, -0.1) is 0 Å². The largest absolute Gasteiger partial charge is 0.481 e. The van der Waals surface area contributed by atoms with Crippen molar-refractivity contribution in [1.82, 2.24) is 0 Å². The lowest BCUT2D eigenvalue weighted by Crippen LogP contribution is -2.01. The van der Waals surface area contributed by atoms with E-state index in [1.165, 1.54) is 44.9 Å². The van der Waals surface area contributed by atoms with E-state index in [9.17, 15) is 9.90 Å². The van der Waals surface area contributed by atoms with Crippen LogP contribution >= 0.6 is 0 Å². The monoisotopic (exact) mass is 312 g/mol. The number of aliphatic carboxylic acids is 1. The van der Waals surface area contributed by atoms with E-state index in [-0.39, 0.29) is 6.10 Å². The predicted molar refractivity (Wildman–Crippen MR) is 93.1 cm³/mol. The van der Waals surface area contributed by atoms with E-state index in [2.05, 4.69) is 13.0 Å². The minimum Gasteiger partial charge on any atom is -0.481 e. The third-order valence-corrected chi connectivity index (χ3v) is 3.97. The molecule has 130 valence electrons. The number of hydrogen-bond acceptors (Lipinski definition) is 2. The van der Waals surface area contributed by atoms with Crippen LogP contribution in [0.25, 0.3) is 0 Å². The van der Waals surface area contributed by atoms with Crippen molar-refractivity contribution in [1.29, 1.82) is 0 Å². The Morgan fingerprint density at radius 1 is 0.909 bits per heavy atom. The fourth-order valence-corrected chi connectivity index (χ4v) is 2.55. The summed E-state index contributed by atoms with van der Waals surface area (Å²) in [4.78, 5) is 10.3. The smallest absolute Gasteiger partial charge is 0.303 e. The van der Waals surface area contributed by atoms with Gasteiger partial charge in [-0.05, 0) is 25.7 Å². The van der Waals surface area contributed by atoms with Crippen molar-refractivity contribution in [3.05, 3.63) is 12.2 Å². The third kappa shape index (κ3) is 17.2. The molecule has 2 N–H and O–H groups in total. The summed E-state index contributed by atoms with van der Waals surface area (Å²) in [5, 5.41) is 18.3. The predicted octanol–water partition coefficient (Wildman–Crippen LogP) is 5.47. The molecule has 0 radical (unpaired) electrons. The number of carboxylic acids is 1. The summed E-state index contributed by atoms with van der Waals surface area (Å²) < 4.78 is 0. The molecular formula is C19H36O3. The van der Waals surface area contributed by atoms with Crippen LogP contribution in [0.15, 0.2) is 12.2 Å². The summed E-state index contributed by atoms with van der Waals surface area (Å²) in [6.45, 7) is 2.22. The van der Waals surface area contributed by atoms with Gasteiger partial charge >= 0.3 is 5.97 Å². The van der Waals surface area contributed by atoms with Crippen LogP contribution in [0.5, 0.6) is 0 Å². The Labute approximate surface area is 136 Å². The second-order valence-corrected chi connectivity index (χ2v) is 6.25. The first-order valence-corrected chi connectivity index (χ1v) is 9.23. The van der Waals surface area contributed by atoms with Gasteiger partial charge in [0.2, 0.25) is 0 Å². The summed E-state index contributed by atoms with van der Waals surface area (Å²) in [5.74, 6) is -0.686. The second-order valence-electron chi connectivity index (χ2n) is 6.25. The molecule has 1 atom stereocenters. The second kappa shape index (κ2) is 16.5. The molecule has 0 saturated carbocycles. The topological polar surface area (TPSA) is 57.5 Å². The van der Waals surface area contributed by atoms with Crippen molar-refractivity contribution < 1.29 is 15.0 Å². The summed E-state index contributed by atoms with van der Waals surface area (Å²) >= 11 is 0. The molecular weight excluding hydrogens is 276 g/mol. The Bertz CT molecular complexity index is 274. The molecule has 0 aliphatic carbocycles. The first kappa shape index (κ1) is 21.2. The summed E-state index contributed by atoms with van der Waals surface area (Å²) in [5.41, 5.74) is 0. The highest BCUT2D eigenvalue weighted by atomic mass is 16.4. The molecule has 0 aliphatic heterocycles. The molecule has 3 heteroatoms. The summed E-state index contributed by atoms with van der Waals surface area (Å²) in [6, 6.07) is 0. The van der Waals surface area contributed by atoms with Crippen molar-refractivity contribution in [2.75, 3.05) is 0 Å². The Morgan fingerprint density at radius 3 is 2.18 bits per heavy atom. The van der Waals surface area contributed by atoms with Gasteiger partial charge in [-0.2, -0.15) is 0 Å². The lowest BCUT2D eigenvalue weighted by Gasteiger charge is -2.05. The number of allylic oxidation sites excluding steroid dienone is 1. The molecule has 0 aromatic heterocycles. The van der Waals surface area contributed by atoms with Crippen LogP contribution in [0, 0.1) is 0 Å².